The van der Waals surface area contributed by atoms with Crippen molar-refractivity contribution in [3.05, 3.63) is 0 Å². The maximum absolute atomic E-state index is 10.4. The fraction of sp³-hybridized carbons (Fsp3) is 0.909. The SMILES string of the molecule is CC(C)(CN)OCCC(C)(C)OCC(=O)O. The van der Waals surface area contributed by atoms with Crippen molar-refractivity contribution in [1.82, 2.24) is 0 Å². The van der Waals surface area contributed by atoms with E-state index >= 15 is 0 Å². The molecule has 0 aliphatic heterocycles. The summed E-state index contributed by atoms with van der Waals surface area (Å²) in [4.78, 5) is 10.4. The maximum Gasteiger partial charge on any atom is 0.329 e. The fourth-order valence-electron chi connectivity index (χ4n) is 0.961. The molecule has 5 nitrogen and oxygen atoms in total. The largest absolute Gasteiger partial charge is 0.480 e. The molecule has 0 heterocycles. The van der Waals surface area contributed by atoms with Crippen LogP contribution < -0.4 is 5.73 Å². The molecule has 0 aliphatic rings. The molecule has 0 amide bonds. The number of aliphatic carboxylic acids is 1. The Bertz CT molecular complexity index is 226. The molecule has 0 aromatic rings. The second-order valence-electron chi connectivity index (χ2n) is 5.00. The minimum absolute atomic E-state index is 0.284. The Labute approximate surface area is 96.9 Å². The molecular formula is C11H23NO4. The van der Waals surface area contributed by atoms with Crippen molar-refractivity contribution in [2.45, 2.75) is 45.3 Å². The molecule has 0 spiro atoms. The summed E-state index contributed by atoms with van der Waals surface area (Å²) in [5.74, 6) is -0.962. The lowest BCUT2D eigenvalue weighted by molar-refractivity contribution is -0.149. The van der Waals surface area contributed by atoms with E-state index in [4.69, 9.17) is 20.3 Å². The molecule has 0 aromatic carbocycles. The zero-order chi connectivity index (χ0) is 12.8. The summed E-state index contributed by atoms with van der Waals surface area (Å²) in [6.45, 7) is 8.17. The van der Waals surface area contributed by atoms with Gasteiger partial charge in [0.05, 0.1) is 17.8 Å². The van der Waals surface area contributed by atoms with Gasteiger partial charge < -0.3 is 20.3 Å². The quantitative estimate of drug-likeness (QED) is 0.654. The van der Waals surface area contributed by atoms with Gasteiger partial charge in [-0.3, -0.25) is 0 Å². The van der Waals surface area contributed by atoms with Crippen LogP contribution in [0.1, 0.15) is 34.1 Å². The molecule has 5 heteroatoms. The highest BCUT2D eigenvalue weighted by molar-refractivity contribution is 5.68. The van der Waals surface area contributed by atoms with Crippen molar-refractivity contribution in [2.75, 3.05) is 19.8 Å². The monoisotopic (exact) mass is 233 g/mol. The molecule has 0 bridgehead atoms. The predicted molar refractivity (Wildman–Crippen MR) is 61.4 cm³/mol. The Balaban J connectivity index is 3.86. The van der Waals surface area contributed by atoms with Gasteiger partial charge in [0, 0.05) is 6.54 Å². The van der Waals surface area contributed by atoms with E-state index in [2.05, 4.69) is 0 Å². The molecule has 0 aliphatic carbocycles. The first-order valence-corrected chi connectivity index (χ1v) is 5.38. The van der Waals surface area contributed by atoms with Crippen molar-refractivity contribution >= 4 is 5.97 Å². The van der Waals surface area contributed by atoms with Gasteiger partial charge in [0.2, 0.25) is 0 Å². The van der Waals surface area contributed by atoms with Gasteiger partial charge in [-0.25, -0.2) is 4.79 Å². The molecule has 0 atom stereocenters. The normalized spacial score (nSPS) is 12.8. The molecule has 16 heavy (non-hydrogen) atoms. The van der Waals surface area contributed by atoms with Gasteiger partial charge in [-0.15, -0.1) is 0 Å². The summed E-state index contributed by atoms with van der Waals surface area (Å²) < 4.78 is 10.8. The van der Waals surface area contributed by atoms with Gasteiger partial charge >= 0.3 is 5.97 Å². The van der Waals surface area contributed by atoms with Gasteiger partial charge in [0.15, 0.2) is 0 Å². The summed E-state index contributed by atoms with van der Waals surface area (Å²) in [6, 6.07) is 0. The number of ether oxygens (including phenoxy) is 2. The van der Waals surface area contributed by atoms with Crippen LogP contribution in [-0.4, -0.2) is 42.0 Å². The fourth-order valence-corrected chi connectivity index (χ4v) is 0.961. The Morgan fingerprint density at radius 1 is 1.19 bits per heavy atom. The maximum atomic E-state index is 10.4. The molecule has 0 radical (unpaired) electrons. The zero-order valence-corrected chi connectivity index (χ0v) is 10.6. The number of hydrogen-bond acceptors (Lipinski definition) is 4. The number of nitrogens with two attached hydrogens (primary N) is 1. The molecule has 0 aromatic heterocycles. The van der Waals surface area contributed by atoms with Crippen molar-refractivity contribution in [1.29, 1.82) is 0 Å². The highest BCUT2D eigenvalue weighted by Crippen LogP contribution is 2.16. The zero-order valence-electron chi connectivity index (χ0n) is 10.6. The molecule has 0 saturated carbocycles. The Morgan fingerprint density at radius 3 is 2.19 bits per heavy atom. The minimum atomic E-state index is -0.962. The van der Waals surface area contributed by atoms with Crippen LogP contribution >= 0.6 is 0 Å². The molecule has 96 valence electrons. The van der Waals surface area contributed by atoms with Gasteiger partial charge in [-0.1, -0.05) is 0 Å². The van der Waals surface area contributed by atoms with Crippen LogP contribution in [0.5, 0.6) is 0 Å². The van der Waals surface area contributed by atoms with Gasteiger partial charge in [0.25, 0.3) is 0 Å². The van der Waals surface area contributed by atoms with E-state index in [1.165, 1.54) is 0 Å². The second kappa shape index (κ2) is 6.18. The van der Waals surface area contributed by atoms with Crippen LogP contribution in [0.3, 0.4) is 0 Å². The van der Waals surface area contributed by atoms with Crippen LogP contribution in [0, 0.1) is 0 Å². The van der Waals surface area contributed by atoms with E-state index in [-0.39, 0.29) is 12.2 Å². The Morgan fingerprint density at radius 2 is 1.75 bits per heavy atom. The number of carboxylic acids is 1. The molecule has 0 fully saturated rings. The Hall–Kier alpha value is -0.650. The second-order valence-corrected chi connectivity index (χ2v) is 5.00. The highest BCUT2D eigenvalue weighted by atomic mass is 16.5. The van der Waals surface area contributed by atoms with E-state index in [0.29, 0.717) is 19.6 Å². The molecule has 0 saturated heterocycles. The third-order valence-corrected chi connectivity index (χ3v) is 2.27. The summed E-state index contributed by atoms with van der Waals surface area (Å²) in [5.41, 5.74) is 4.68. The van der Waals surface area contributed by atoms with Crippen LogP contribution in [-0.2, 0) is 14.3 Å². The van der Waals surface area contributed by atoms with E-state index in [1.807, 2.05) is 27.7 Å². The molecule has 3 N–H and O–H groups in total. The smallest absolute Gasteiger partial charge is 0.329 e. The number of rotatable bonds is 8. The van der Waals surface area contributed by atoms with Crippen LogP contribution in [0.25, 0.3) is 0 Å². The summed E-state index contributed by atoms with van der Waals surface area (Å²) >= 11 is 0. The topological polar surface area (TPSA) is 81.8 Å². The standard InChI is InChI=1S/C11H23NO4/c1-10(2,16-7-9(13)14)5-6-15-11(3,4)8-12/h5-8,12H2,1-4H3,(H,13,14). The number of carbonyl (C=O) groups is 1. The van der Waals surface area contributed by atoms with E-state index < -0.39 is 11.6 Å². The van der Waals surface area contributed by atoms with Crippen molar-refractivity contribution in [3.63, 3.8) is 0 Å². The van der Waals surface area contributed by atoms with Crippen molar-refractivity contribution < 1.29 is 19.4 Å². The van der Waals surface area contributed by atoms with Crippen LogP contribution in [0.15, 0.2) is 0 Å². The van der Waals surface area contributed by atoms with Crippen LogP contribution in [0.2, 0.25) is 0 Å². The van der Waals surface area contributed by atoms with Crippen LogP contribution in [0.4, 0.5) is 0 Å². The lowest BCUT2D eigenvalue weighted by Crippen LogP contribution is -2.36. The first-order chi connectivity index (χ1) is 7.18. The third kappa shape index (κ3) is 7.62. The number of hydrogen-bond donors (Lipinski definition) is 2. The lowest BCUT2D eigenvalue weighted by Gasteiger charge is -2.28. The molecule has 0 unspecified atom stereocenters. The predicted octanol–water partition coefficient (Wildman–Crippen LogP) is 1.01. The number of carboxylic acid groups (broad SMARTS) is 1. The minimum Gasteiger partial charge on any atom is -0.480 e. The van der Waals surface area contributed by atoms with E-state index in [1.54, 1.807) is 0 Å². The van der Waals surface area contributed by atoms with Crippen molar-refractivity contribution in [2.24, 2.45) is 5.73 Å². The van der Waals surface area contributed by atoms with Gasteiger partial charge in [-0.05, 0) is 34.1 Å². The molecule has 0 rings (SSSR count). The summed E-state index contributed by atoms with van der Waals surface area (Å²) in [5, 5.41) is 8.50. The van der Waals surface area contributed by atoms with Crippen molar-refractivity contribution in [3.8, 4) is 0 Å². The van der Waals surface area contributed by atoms with E-state index in [0.717, 1.165) is 0 Å². The lowest BCUT2D eigenvalue weighted by atomic mass is 10.1. The molecular weight excluding hydrogens is 210 g/mol. The van der Waals surface area contributed by atoms with Gasteiger partial charge in [0.1, 0.15) is 6.61 Å². The average Bonchev–Trinajstić information content (AvgIpc) is 2.14. The average molecular weight is 233 g/mol. The van der Waals surface area contributed by atoms with Gasteiger partial charge in [-0.2, -0.15) is 0 Å². The summed E-state index contributed by atoms with van der Waals surface area (Å²) in [6.07, 6.45) is 0.629. The highest BCUT2D eigenvalue weighted by Gasteiger charge is 2.22. The Kier molecular flexibility index (Phi) is 5.92. The first-order valence-electron chi connectivity index (χ1n) is 5.38. The summed E-state index contributed by atoms with van der Waals surface area (Å²) in [7, 11) is 0. The third-order valence-electron chi connectivity index (χ3n) is 2.27. The first kappa shape index (κ1) is 15.3. The van der Waals surface area contributed by atoms with E-state index in [9.17, 15) is 4.79 Å².